The average Bonchev–Trinajstić information content (AvgIpc) is 2.65. The molecule has 1 heterocycles. The fourth-order valence-electron chi connectivity index (χ4n) is 2.96. The molecular weight excluding hydrogens is 314 g/mol. The molecular formula is C18H18F2N2O2. The van der Waals surface area contributed by atoms with Gasteiger partial charge in [0.2, 0.25) is 5.91 Å². The third kappa shape index (κ3) is 3.38. The summed E-state index contributed by atoms with van der Waals surface area (Å²) in [6.07, 6.45) is -0.609. The zero-order valence-electron chi connectivity index (χ0n) is 13.2. The lowest BCUT2D eigenvalue weighted by Gasteiger charge is -2.27. The monoisotopic (exact) mass is 332 g/mol. The second-order valence-electron chi connectivity index (χ2n) is 5.92. The number of rotatable bonds is 3. The van der Waals surface area contributed by atoms with Crippen LogP contribution in [-0.2, 0) is 4.79 Å². The first-order chi connectivity index (χ1) is 11.4. The molecule has 1 unspecified atom stereocenters. The highest BCUT2D eigenvalue weighted by Gasteiger charge is 2.23. The van der Waals surface area contributed by atoms with E-state index in [0.717, 1.165) is 0 Å². The van der Waals surface area contributed by atoms with E-state index < -0.39 is 11.9 Å². The van der Waals surface area contributed by atoms with Crippen LogP contribution in [-0.4, -0.2) is 24.1 Å². The van der Waals surface area contributed by atoms with Crippen molar-refractivity contribution in [2.24, 2.45) is 0 Å². The Bertz CT molecular complexity index is 780. The van der Waals surface area contributed by atoms with Gasteiger partial charge in [0.05, 0.1) is 17.5 Å². The molecule has 1 aliphatic heterocycles. The molecule has 1 atom stereocenters. The van der Waals surface area contributed by atoms with Gasteiger partial charge >= 0.3 is 0 Å². The predicted octanol–water partition coefficient (Wildman–Crippen LogP) is 3.16. The number of β-amino-alcohol motifs (C(OH)–C–C–N with tert-alkyl or cyclic N) is 1. The lowest BCUT2D eigenvalue weighted by Crippen LogP contribution is -2.30. The van der Waals surface area contributed by atoms with Crippen LogP contribution in [0.1, 0.15) is 23.7 Å². The number of fused-ring (bicyclic) bond motifs is 1. The quantitative estimate of drug-likeness (QED) is 0.908. The normalized spacial score (nSPS) is 15.5. The molecule has 1 amide bonds. The number of aryl methyl sites for hydroxylation is 1. The van der Waals surface area contributed by atoms with Gasteiger partial charge in [-0.2, -0.15) is 0 Å². The van der Waals surface area contributed by atoms with Crippen LogP contribution in [0.4, 0.5) is 20.2 Å². The summed E-state index contributed by atoms with van der Waals surface area (Å²) in [7, 11) is 0. The summed E-state index contributed by atoms with van der Waals surface area (Å²) >= 11 is 0. The van der Waals surface area contributed by atoms with Crippen molar-refractivity contribution in [3.63, 3.8) is 0 Å². The number of aliphatic hydroxyl groups is 1. The van der Waals surface area contributed by atoms with Crippen molar-refractivity contribution in [3.05, 3.63) is 59.2 Å². The number of halogens is 2. The van der Waals surface area contributed by atoms with Crippen molar-refractivity contribution < 1.29 is 18.7 Å². The second-order valence-corrected chi connectivity index (χ2v) is 5.92. The van der Waals surface area contributed by atoms with Crippen molar-refractivity contribution in [1.29, 1.82) is 0 Å². The van der Waals surface area contributed by atoms with Crippen LogP contribution in [0.3, 0.4) is 0 Å². The molecule has 2 aromatic rings. The number of amides is 1. The summed E-state index contributed by atoms with van der Waals surface area (Å²) in [6, 6.07) is 8.40. The van der Waals surface area contributed by atoms with Gasteiger partial charge in [-0.05, 0) is 48.4 Å². The Balaban J connectivity index is 1.88. The molecule has 24 heavy (non-hydrogen) atoms. The third-order valence-corrected chi connectivity index (χ3v) is 4.17. The summed E-state index contributed by atoms with van der Waals surface area (Å²) in [6.45, 7) is 2.36. The molecule has 2 N–H and O–H groups in total. The molecule has 0 saturated heterocycles. The second kappa shape index (κ2) is 6.57. The molecule has 0 aliphatic carbocycles. The van der Waals surface area contributed by atoms with Crippen molar-refractivity contribution in [3.8, 4) is 0 Å². The molecule has 1 aliphatic rings. The summed E-state index contributed by atoms with van der Waals surface area (Å²) in [4.78, 5) is 13.6. The van der Waals surface area contributed by atoms with Crippen LogP contribution in [0, 0.1) is 18.6 Å². The van der Waals surface area contributed by atoms with Gasteiger partial charge in [-0.3, -0.25) is 4.79 Å². The van der Waals surface area contributed by atoms with E-state index in [-0.39, 0.29) is 24.7 Å². The standard InChI is InChI=1S/C18H18F2N2O2/c1-11-8-12(19)2-4-14(11)17(23)10-22-7-6-18(24)21-15-9-13(20)3-5-16(15)22/h2-5,8-9,17,23H,6-7,10H2,1H3,(H,21,24). The lowest BCUT2D eigenvalue weighted by atomic mass is 10.0. The molecule has 4 nitrogen and oxygen atoms in total. The highest BCUT2D eigenvalue weighted by atomic mass is 19.1. The number of benzene rings is 2. The zero-order chi connectivity index (χ0) is 17.3. The van der Waals surface area contributed by atoms with Crippen LogP contribution >= 0.6 is 0 Å². The average molecular weight is 332 g/mol. The predicted molar refractivity (Wildman–Crippen MR) is 88.0 cm³/mol. The maximum absolute atomic E-state index is 13.4. The number of anilines is 2. The van der Waals surface area contributed by atoms with Gasteiger partial charge in [0.25, 0.3) is 0 Å². The van der Waals surface area contributed by atoms with Gasteiger partial charge in [-0.1, -0.05) is 6.07 Å². The first kappa shape index (κ1) is 16.4. The largest absolute Gasteiger partial charge is 0.387 e. The zero-order valence-corrected chi connectivity index (χ0v) is 13.2. The fraction of sp³-hybridized carbons (Fsp3) is 0.278. The van der Waals surface area contributed by atoms with Gasteiger partial charge in [0.1, 0.15) is 11.6 Å². The number of hydrogen-bond acceptors (Lipinski definition) is 3. The van der Waals surface area contributed by atoms with Gasteiger partial charge in [0, 0.05) is 19.5 Å². The van der Waals surface area contributed by atoms with Crippen LogP contribution in [0.5, 0.6) is 0 Å². The number of nitrogens with zero attached hydrogens (tertiary/aromatic N) is 1. The van der Waals surface area contributed by atoms with E-state index in [1.165, 1.54) is 24.3 Å². The summed E-state index contributed by atoms with van der Waals surface area (Å²) < 4.78 is 26.7. The lowest BCUT2D eigenvalue weighted by molar-refractivity contribution is -0.116. The van der Waals surface area contributed by atoms with Gasteiger partial charge < -0.3 is 15.3 Å². The number of carbonyl (C=O) groups excluding carboxylic acids is 1. The van der Waals surface area contributed by atoms with E-state index in [1.807, 2.05) is 4.90 Å². The molecule has 6 heteroatoms. The Kier molecular flexibility index (Phi) is 4.49. The maximum Gasteiger partial charge on any atom is 0.226 e. The van der Waals surface area contributed by atoms with Crippen LogP contribution < -0.4 is 10.2 Å². The first-order valence-electron chi connectivity index (χ1n) is 7.72. The molecule has 0 saturated carbocycles. The molecule has 0 radical (unpaired) electrons. The van der Waals surface area contributed by atoms with Crippen molar-refractivity contribution in [2.45, 2.75) is 19.4 Å². The van der Waals surface area contributed by atoms with Crippen molar-refractivity contribution in [2.75, 3.05) is 23.3 Å². The molecule has 0 spiro atoms. The third-order valence-electron chi connectivity index (χ3n) is 4.17. The smallest absolute Gasteiger partial charge is 0.226 e. The Morgan fingerprint density at radius 3 is 2.67 bits per heavy atom. The van der Waals surface area contributed by atoms with E-state index in [4.69, 9.17) is 0 Å². The van der Waals surface area contributed by atoms with Crippen LogP contribution in [0.2, 0.25) is 0 Å². The summed E-state index contributed by atoms with van der Waals surface area (Å²) in [5.74, 6) is -0.989. The Labute approximate surface area is 138 Å². The Morgan fingerprint density at radius 1 is 1.21 bits per heavy atom. The molecule has 0 fully saturated rings. The highest BCUT2D eigenvalue weighted by Crippen LogP contribution is 2.31. The highest BCUT2D eigenvalue weighted by molar-refractivity contribution is 5.96. The topological polar surface area (TPSA) is 52.6 Å². The molecule has 126 valence electrons. The minimum absolute atomic E-state index is 0.197. The fourth-order valence-corrected chi connectivity index (χ4v) is 2.96. The van der Waals surface area contributed by atoms with Gasteiger partial charge in [-0.15, -0.1) is 0 Å². The van der Waals surface area contributed by atoms with Crippen molar-refractivity contribution in [1.82, 2.24) is 0 Å². The minimum atomic E-state index is -0.850. The minimum Gasteiger partial charge on any atom is -0.387 e. The summed E-state index contributed by atoms with van der Waals surface area (Å²) in [5, 5.41) is 13.2. The van der Waals surface area contributed by atoms with E-state index in [2.05, 4.69) is 5.32 Å². The van der Waals surface area contributed by atoms with E-state index >= 15 is 0 Å². The van der Waals surface area contributed by atoms with Crippen LogP contribution in [0.25, 0.3) is 0 Å². The van der Waals surface area contributed by atoms with Crippen molar-refractivity contribution >= 4 is 17.3 Å². The molecule has 3 rings (SSSR count). The van der Waals surface area contributed by atoms with E-state index in [9.17, 15) is 18.7 Å². The Morgan fingerprint density at radius 2 is 1.92 bits per heavy atom. The number of nitrogens with one attached hydrogen (secondary N) is 1. The number of hydrogen-bond donors (Lipinski definition) is 2. The van der Waals surface area contributed by atoms with Gasteiger partial charge in [-0.25, -0.2) is 8.78 Å². The van der Waals surface area contributed by atoms with E-state index in [0.29, 0.717) is 29.0 Å². The van der Waals surface area contributed by atoms with E-state index in [1.54, 1.807) is 19.1 Å². The number of aliphatic hydroxyl groups excluding tert-OH is 1. The van der Waals surface area contributed by atoms with Gasteiger partial charge in [0.15, 0.2) is 0 Å². The SMILES string of the molecule is Cc1cc(F)ccc1C(O)CN1CCC(=O)Nc2cc(F)ccc21. The maximum atomic E-state index is 13.4. The number of carbonyl (C=O) groups is 1. The summed E-state index contributed by atoms with van der Waals surface area (Å²) in [5.41, 5.74) is 2.33. The first-order valence-corrected chi connectivity index (χ1v) is 7.72. The Hall–Kier alpha value is -2.47. The molecule has 0 aromatic heterocycles. The molecule has 2 aromatic carbocycles. The van der Waals surface area contributed by atoms with Crippen LogP contribution in [0.15, 0.2) is 36.4 Å². The molecule has 0 bridgehead atoms.